The average Bonchev–Trinajstić information content (AvgIpc) is 2.84. The van der Waals surface area contributed by atoms with Crippen molar-refractivity contribution in [3.8, 4) is 0 Å². The van der Waals surface area contributed by atoms with Crippen molar-refractivity contribution in [3.05, 3.63) is 53.1 Å². The minimum absolute atomic E-state index is 0.138. The zero-order valence-corrected chi connectivity index (χ0v) is 12.5. The van der Waals surface area contributed by atoms with E-state index in [1.54, 1.807) is 6.07 Å². The molecule has 1 aromatic heterocycles. The number of nitrogens with zero attached hydrogens (tertiary/aromatic N) is 2. The molecule has 0 amide bonds. The Morgan fingerprint density at radius 3 is 2.71 bits per heavy atom. The number of benzene rings is 1. The fourth-order valence-corrected chi connectivity index (χ4v) is 2.68. The molecular weight excluding hydrogens is 269 g/mol. The van der Waals surface area contributed by atoms with Gasteiger partial charge in [0.1, 0.15) is 5.82 Å². The molecule has 0 saturated carbocycles. The summed E-state index contributed by atoms with van der Waals surface area (Å²) in [6, 6.07) is 8.28. The van der Waals surface area contributed by atoms with Gasteiger partial charge >= 0.3 is 0 Å². The zero-order valence-electron chi connectivity index (χ0n) is 12.5. The number of aliphatic hydroxyl groups is 1. The molecule has 5 heteroatoms. The second-order valence-electron chi connectivity index (χ2n) is 5.42. The van der Waals surface area contributed by atoms with Crippen molar-refractivity contribution in [2.24, 2.45) is 5.73 Å². The van der Waals surface area contributed by atoms with Crippen LogP contribution in [0.15, 0.2) is 30.3 Å². The summed E-state index contributed by atoms with van der Waals surface area (Å²) in [6.07, 6.45) is 0.526. The van der Waals surface area contributed by atoms with Crippen molar-refractivity contribution in [1.82, 2.24) is 9.78 Å². The van der Waals surface area contributed by atoms with Crippen molar-refractivity contribution in [2.75, 3.05) is 13.2 Å². The molecule has 0 aliphatic rings. The van der Waals surface area contributed by atoms with E-state index < -0.39 is 5.41 Å². The Kier molecular flexibility index (Phi) is 4.75. The van der Waals surface area contributed by atoms with Gasteiger partial charge in [-0.3, -0.25) is 4.68 Å². The van der Waals surface area contributed by atoms with Gasteiger partial charge in [-0.2, -0.15) is 5.10 Å². The number of rotatable bonds is 6. The molecular formula is C16H22FN3O. The second-order valence-corrected chi connectivity index (χ2v) is 5.42. The predicted octanol–water partition coefficient (Wildman–Crippen LogP) is 1.78. The molecule has 21 heavy (non-hydrogen) atoms. The SMILES string of the molecule is CCn1nc(C)cc1CC(CN)(CO)c1cccc(F)c1. The Bertz CT molecular complexity index is 605. The molecule has 0 bridgehead atoms. The third kappa shape index (κ3) is 3.14. The number of nitrogens with two attached hydrogens (primary N) is 1. The Labute approximate surface area is 124 Å². The topological polar surface area (TPSA) is 64.1 Å². The van der Waals surface area contributed by atoms with Gasteiger partial charge in [0, 0.05) is 30.6 Å². The largest absolute Gasteiger partial charge is 0.395 e. The van der Waals surface area contributed by atoms with Gasteiger partial charge < -0.3 is 10.8 Å². The molecule has 0 aliphatic heterocycles. The smallest absolute Gasteiger partial charge is 0.123 e. The van der Waals surface area contributed by atoms with Gasteiger partial charge in [-0.1, -0.05) is 12.1 Å². The van der Waals surface area contributed by atoms with Crippen LogP contribution in [0.2, 0.25) is 0 Å². The summed E-state index contributed by atoms with van der Waals surface area (Å²) in [5.74, 6) is -0.320. The summed E-state index contributed by atoms with van der Waals surface area (Å²) in [4.78, 5) is 0. The van der Waals surface area contributed by atoms with Crippen LogP contribution in [-0.4, -0.2) is 28.0 Å². The lowest BCUT2D eigenvalue weighted by atomic mass is 9.77. The molecule has 2 rings (SSSR count). The molecule has 1 atom stereocenters. The van der Waals surface area contributed by atoms with Gasteiger partial charge in [-0.05, 0) is 37.6 Å². The maximum atomic E-state index is 13.5. The quantitative estimate of drug-likeness (QED) is 0.852. The Hall–Kier alpha value is -1.72. The summed E-state index contributed by atoms with van der Waals surface area (Å²) in [5, 5.41) is 14.3. The lowest BCUT2D eigenvalue weighted by Gasteiger charge is -2.31. The second kappa shape index (κ2) is 6.37. The lowest BCUT2D eigenvalue weighted by Crippen LogP contribution is -2.41. The van der Waals surface area contributed by atoms with E-state index in [0.717, 1.165) is 17.9 Å². The molecule has 0 fully saturated rings. The zero-order chi connectivity index (χ0) is 15.5. The fourth-order valence-electron chi connectivity index (χ4n) is 2.68. The molecule has 0 spiro atoms. The van der Waals surface area contributed by atoms with Gasteiger partial charge in [0.15, 0.2) is 0 Å². The van der Waals surface area contributed by atoms with Crippen molar-refractivity contribution in [3.63, 3.8) is 0 Å². The van der Waals surface area contributed by atoms with Crippen molar-refractivity contribution < 1.29 is 9.50 Å². The van der Waals surface area contributed by atoms with Gasteiger partial charge in [-0.25, -0.2) is 4.39 Å². The predicted molar refractivity (Wildman–Crippen MR) is 80.6 cm³/mol. The third-order valence-corrected chi connectivity index (χ3v) is 3.93. The van der Waals surface area contributed by atoms with E-state index in [4.69, 9.17) is 5.73 Å². The Balaban J connectivity index is 2.42. The first-order chi connectivity index (χ1) is 10.0. The molecule has 3 N–H and O–H groups in total. The van der Waals surface area contributed by atoms with Crippen LogP contribution < -0.4 is 5.73 Å². The number of aryl methyl sites for hydroxylation is 2. The minimum Gasteiger partial charge on any atom is -0.395 e. The highest BCUT2D eigenvalue weighted by Gasteiger charge is 2.32. The van der Waals surface area contributed by atoms with Crippen LogP contribution in [0.25, 0.3) is 0 Å². The van der Waals surface area contributed by atoms with Crippen LogP contribution in [0.3, 0.4) is 0 Å². The van der Waals surface area contributed by atoms with Gasteiger partial charge in [-0.15, -0.1) is 0 Å². The summed E-state index contributed by atoms with van der Waals surface area (Å²) in [7, 11) is 0. The van der Waals surface area contributed by atoms with Gasteiger partial charge in [0.25, 0.3) is 0 Å². The van der Waals surface area contributed by atoms with Crippen molar-refractivity contribution in [1.29, 1.82) is 0 Å². The maximum Gasteiger partial charge on any atom is 0.123 e. The van der Waals surface area contributed by atoms with E-state index in [1.807, 2.05) is 30.7 Å². The van der Waals surface area contributed by atoms with Crippen LogP contribution >= 0.6 is 0 Å². The van der Waals surface area contributed by atoms with E-state index in [9.17, 15) is 9.50 Å². The van der Waals surface area contributed by atoms with E-state index >= 15 is 0 Å². The molecule has 2 aromatic rings. The summed E-state index contributed by atoms with van der Waals surface area (Å²) in [5.41, 5.74) is 7.88. The third-order valence-electron chi connectivity index (χ3n) is 3.93. The van der Waals surface area contributed by atoms with Gasteiger partial charge in [0.2, 0.25) is 0 Å². The van der Waals surface area contributed by atoms with E-state index in [0.29, 0.717) is 12.0 Å². The first-order valence-corrected chi connectivity index (χ1v) is 7.15. The normalized spacial score (nSPS) is 14.1. The van der Waals surface area contributed by atoms with Crippen LogP contribution in [-0.2, 0) is 18.4 Å². The highest BCUT2D eigenvalue weighted by atomic mass is 19.1. The number of aliphatic hydroxyl groups excluding tert-OH is 1. The molecule has 114 valence electrons. The monoisotopic (exact) mass is 291 g/mol. The number of halogens is 1. The molecule has 1 unspecified atom stereocenters. The number of hydrogen-bond acceptors (Lipinski definition) is 3. The van der Waals surface area contributed by atoms with E-state index in [-0.39, 0.29) is 19.0 Å². The van der Waals surface area contributed by atoms with Crippen LogP contribution in [0.5, 0.6) is 0 Å². The Morgan fingerprint density at radius 2 is 2.14 bits per heavy atom. The highest BCUT2D eigenvalue weighted by Crippen LogP contribution is 2.28. The summed E-state index contributed by atoms with van der Waals surface area (Å²) >= 11 is 0. The summed E-state index contributed by atoms with van der Waals surface area (Å²) in [6.45, 7) is 4.79. The number of aromatic nitrogens is 2. The van der Waals surface area contributed by atoms with Gasteiger partial charge in [0.05, 0.1) is 12.3 Å². The molecule has 0 saturated heterocycles. The van der Waals surface area contributed by atoms with Crippen LogP contribution in [0.4, 0.5) is 4.39 Å². The first kappa shape index (κ1) is 15.7. The van der Waals surface area contributed by atoms with Crippen LogP contribution in [0, 0.1) is 12.7 Å². The summed E-state index contributed by atoms with van der Waals surface area (Å²) < 4.78 is 15.4. The van der Waals surface area contributed by atoms with Crippen LogP contribution in [0.1, 0.15) is 23.9 Å². The van der Waals surface area contributed by atoms with Crippen molar-refractivity contribution >= 4 is 0 Å². The molecule has 4 nitrogen and oxygen atoms in total. The molecule has 1 heterocycles. The van der Waals surface area contributed by atoms with E-state index in [1.165, 1.54) is 12.1 Å². The molecule has 0 radical (unpaired) electrons. The van der Waals surface area contributed by atoms with Crippen molar-refractivity contribution in [2.45, 2.75) is 32.2 Å². The Morgan fingerprint density at radius 1 is 1.38 bits per heavy atom. The standard InChI is InChI=1S/C16H22FN3O/c1-3-20-15(7-12(2)19-20)9-16(10-18,11-21)13-5-4-6-14(17)8-13/h4-8,21H,3,9-11,18H2,1-2H3. The lowest BCUT2D eigenvalue weighted by molar-refractivity contribution is 0.193. The number of hydrogen-bond donors (Lipinski definition) is 2. The molecule has 1 aromatic carbocycles. The molecule has 0 aliphatic carbocycles. The average molecular weight is 291 g/mol. The minimum atomic E-state index is -0.693. The van der Waals surface area contributed by atoms with E-state index in [2.05, 4.69) is 5.10 Å². The fraction of sp³-hybridized carbons (Fsp3) is 0.438. The highest BCUT2D eigenvalue weighted by molar-refractivity contribution is 5.30. The first-order valence-electron chi connectivity index (χ1n) is 7.15. The maximum absolute atomic E-state index is 13.5.